The number of carbonyl (C=O) groups is 2. The average molecular weight is 397 g/mol. The number of nitrogens with zero attached hydrogens (tertiary/aromatic N) is 2. The van der Waals surface area contributed by atoms with E-state index in [4.69, 9.17) is 0 Å². The smallest absolute Gasteiger partial charge is 0.253 e. The molecule has 0 bridgehead atoms. The second kappa shape index (κ2) is 7.71. The van der Waals surface area contributed by atoms with Crippen LogP contribution in [0.5, 0.6) is 0 Å². The summed E-state index contributed by atoms with van der Waals surface area (Å²) in [5.41, 5.74) is 0.714. The van der Waals surface area contributed by atoms with Crippen LogP contribution in [0.1, 0.15) is 23.2 Å². The van der Waals surface area contributed by atoms with Crippen LogP contribution in [0.15, 0.2) is 28.7 Å². The number of likely N-dealkylation sites (tertiary alicyclic amines) is 1. The summed E-state index contributed by atoms with van der Waals surface area (Å²) in [6.07, 6.45) is 1.56. The Balaban J connectivity index is 1.54. The van der Waals surface area contributed by atoms with Crippen molar-refractivity contribution in [2.45, 2.75) is 12.8 Å². The lowest BCUT2D eigenvalue weighted by Gasteiger charge is -2.35. The Bertz CT molecular complexity index is 564. The van der Waals surface area contributed by atoms with Crippen molar-refractivity contribution in [3.05, 3.63) is 34.3 Å². The third-order valence-electron chi connectivity index (χ3n) is 4.55. The van der Waals surface area contributed by atoms with Crippen LogP contribution in [-0.2, 0) is 4.79 Å². The molecule has 4 nitrogen and oxygen atoms in total. The molecule has 0 unspecified atom stereocenters. The number of thioether (sulfide) groups is 1. The van der Waals surface area contributed by atoms with E-state index in [1.807, 2.05) is 45.8 Å². The summed E-state index contributed by atoms with van der Waals surface area (Å²) >= 11 is 5.30. The molecule has 2 heterocycles. The molecule has 2 amide bonds. The first-order valence-electron chi connectivity index (χ1n) is 8.06. The summed E-state index contributed by atoms with van der Waals surface area (Å²) < 4.78 is 0.970. The normalized spacial score (nSPS) is 19.7. The SMILES string of the molecule is O=C(c1ccc(Br)cc1)N1CCC(C(=O)N2CCSCC2)CC1. The molecule has 23 heavy (non-hydrogen) atoms. The van der Waals surface area contributed by atoms with Crippen LogP contribution in [0.4, 0.5) is 0 Å². The highest BCUT2D eigenvalue weighted by molar-refractivity contribution is 9.10. The fourth-order valence-electron chi connectivity index (χ4n) is 3.15. The van der Waals surface area contributed by atoms with E-state index in [0.717, 1.165) is 41.9 Å². The molecule has 0 spiro atoms. The van der Waals surface area contributed by atoms with Gasteiger partial charge in [-0.2, -0.15) is 11.8 Å². The van der Waals surface area contributed by atoms with Crippen LogP contribution in [0, 0.1) is 5.92 Å². The van der Waals surface area contributed by atoms with E-state index >= 15 is 0 Å². The molecule has 0 radical (unpaired) electrons. The van der Waals surface area contributed by atoms with E-state index in [2.05, 4.69) is 15.9 Å². The number of benzene rings is 1. The number of halogens is 1. The van der Waals surface area contributed by atoms with Crippen molar-refractivity contribution in [3.8, 4) is 0 Å². The molecule has 1 aromatic rings. The zero-order valence-corrected chi connectivity index (χ0v) is 15.4. The monoisotopic (exact) mass is 396 g/mol. The minimum Gasteiger partial charge on any atom is -0.341 e. The maximum absolute atomic E-state index is 12.5. The van der Waals surface area contributed by atoms with Gasteiger partial charge in [-0.15, -0.1) is 0 Å². The average Bonchev–Trinajstić information content (AvgIpc) is 2.62. The molecule has 1 aromatic carbocycles. The van der Waals surface area contributed by atoms with Gasteiger partial charge in [-0.3, -0.25) is 9.59 Å². The third-order valence-corrected chi connectivity index (χ3v) is 6.02. The van der Waals surface area contributed by atoms with E-state index in [9.17, 15) is 9.59 Å². The van der Waals surface area contributed by atoms with Gasteiger partial charge in [0.05, 0.1) is 0 Å². The maximum Gasteiger partial charge on any atom is 0.253 e. The zero-order chi connectivity index (χ0) is 16.2. The van der Waals surface area contributed by atoms with Crippen LogP contribution in [0.25, 0.3) is 0 Å². The van der Waals surface area contributed by atoms with E-state index < -0.39 is 0 Å². The maximum atomic E-state index is 12.5. The first-order valence-corrected chi connectivity index (χ1v) is 10.0. The lowest BCUT2D eigenvalue weighted by atomic mass is 9.94. The number of piperidine rings is 1. The minimum absolute atomic E-state index is 0.0674. The molecular formula is C17H21BrN2O2S. The van der Waals surface area contributed by atoms with Gasteiger partial charge in [0, 0.05) is 53.6 Å². The number of amides is 2. The summed E-state index contributed by atoms with van der Waals surface area (Å²) in [5, 5.41) is 0. The molecule has 3 rings (SSSR count). The van der Waals surface area contributed by atoms with Gasteiger partial charge in [0.2, 0.25) is 5.91 Å². The van der Waals surface area contributed by atoms with Gasteiger partial charge in [0.15, 0.2) is 0 Å². The van der Waals surface area contributed by atoms with Gasteiger partial charge in [0.25, 0.3) is 5.91 Å². The summed E-state index contributed by atoms with van der Waals surface area (Å²) in [6.45, 7) is 3.10. The summed E-state index contributed by atoms with van der Waals surface area (Å²) in [4.78, 5) is 28.9. The molecule has 124 valence electrons. The first-order chi connectivity index (χ1) is 11.1. The predicted octanol–water partition coefficient (Wildman–Crippen LogP) is 2.88. The molecule has 0 saturated carbocycles. The molecular weight excluding hydrogens is 376 g/mol. The summed E-state index contributed by atoms with van der Waals surface area (Å²) in [7, 11) is 0. The third kappa shape index (κ3) is 4.10. The summed E-state index contributed by atoms with van der Waals surface area (Å²) in [5.74, 6) is 2.55. The molecule has 2 aliphatic heterocycles. The number of hydrogen-bond acceptors (Lipinski definition) is 3. The quantitative estimate of drug-likeness (QED) is 0.771. The Morgan fingerprint density at radius 3 is 2.17 bits per heavy atom. The number of carbonyl (C=O) groups excluding carboxylic acids is 2. The Morgan fingerprint density at radius 1 is 0.957 bits per heavy atom. The van der Waals surface area contributed by atoms with E-state index in [-0.39, 0.29) is 11.8 Å². The van der Waals surface area contributed by atoms with Gasteiger partial charge in [0.1, 0.15) is 0 Å². The Morgan fingerprint density at radius 2 is 1.57 bits per heavy atom. The standard InChI is InChI=1S/C17H21BrN2O2S/c18-15-3-1-13(2-4-15)16(21)19-7-5-14(6-8-19)17(22)20-9-11-23-12-10-20/h1-4,14H,5-12H2. The molecule has 2 fully saturated rings. The van der Waals surface area contributed by atoms with Gasteiger partial charge >= 0.3 is 0 Å². The van der Waals surface area contributed by atoms with Crippen molar-refractivity contribution in [2.75, 3.05) is 37.7 Å². The second-order valence-corrected chi connectivity index (χ2v) is 8.15. The van der Waals surface area contributed by atoms with Crippen LogP contribution < -0.4 is 0 Å². The van der Waals surface area contributed by atoms with E-state index in [1.54, 1.807) is 0 Å². The van der Waals surface area contributed by atoms with Gasteiger partial charge in [-0.1, -0.05) is 15.9 Å². The summed E-state index contributed by atoms with van der Waals surface area (Å²) in [6, 6.07) is 7.46. The van der Waals surface area contributed by atoms with Crippen molar-refractivity contribution >= 4 is 39.5 Å². The van der Waals surface area contributed by atoms with Crippen molar-refractivity contribution in [3.63, 3.8) is 0 Å². The number of hydrogen-bond donors (Lipinski definition) is 0. The molecule has 6 heteroatoms. The lowest BCUT2D eigenvalue weighted by Crippen LogP contribution is -2.46. The Hall–Kier alpha value is -1.01. The second-order valence-electron chi connectivity index (χ2n) is 6.01. The largest absolute Gasteiger partial charge is 0.341 e. The van der Waals surface area contributed by atoms with Crippen LogP contribution in [-0.4, -0.2) is 59.3 Å². The first kappa shape index (κ1) is 16.8. The van der Waals surface area contributed by atoms with Crippen molar-refractivity contribution in [1.29, 1.82) is 0 Å². The van der Waals surface area contributed by atoms with Crippen molar-refractivity contribution < 1.29 is 9.59 Å². The molecule has 2 aliphatic rings. The molecule has 0 atom stereocenters. The van der Waals surface area contributed by atoms with Crippen molar-refractivity contribution in [2.24, 2.45) is 5.92 Å². The van der Waals surface area contributed by atoms with Gasteiger partial charge in [-0.05, 0) is 37.1 Å². The highest BCUT2D eigenvalue weighted by atomic mass is 79.9. The topological polar surface area (TPSA) is 40.6 Å². The zero-order valence-electron chi connectivity index (χ0n) is 13.0. The highest BCUT2D eigenvalue weighted by Crippen LogP contribution is 2.23. The van der Waals surface area contributed by atoms with E-state index in [1.165, 1.54) is 0 Å². The molecule has 0 N–H and O–H groups in total. The Kier molecular flexibility index (Phi) is 5.64. The van der Waals surface area contributed by atoms with Gasteiger partial charge in [-0.25, -0.2) is 0 Å². The van der Waals surface area contributed by atoms with Crippen molar-refractivity contribution in [1.82, 2.24) is 9.80 Å². The van der Waals surface area contributed by atoms with Gasteiger partial charge < -0.3 is 9.80 Å². The van der Waals surface area contributed by atoms with Crippen LogP contribution in [0.2, 0.25) is 0 Å². The molecule has 2 saturated heterocycles. The fourth-order valence-corrected chi connectivity index (χ4v) is 4.31. The minimum atomic E-state index is 0.0674. The van der Waals surface area contributed by atoms with Crippen LogP contribution in [0.3, 0.4) is 0 Å². The predicted molar refractivity (Wildman–Crippen MR) is 96.7 cm³/mol. The van der Waals surface area contributed by atoms with E-state index in [0.29, 0.717) is 24.6 Å². The number of rotatable bonds is 2. The lowest BCUT2D eigenvalue weighted by molar-refractivity contribution is -0.136. The van der Waals surface area contributed by atoms with Crippen LogP contribution >= 0.6 is 27.7 Å². The highest BCUT2D eigenvalue weighted by Gasteiger charge is 2.31. The Labute approximate surface area is 149 Å². The fraction of sp³-hybridized carbons (Fsp3) is 0.529. The molecule has 0 aromatic heterocycles. The molecule has 0 aliphatic carbocycles.